The van der Waals surface area contributed by atoms with Gasteiger partial charge in [-0.1, -0.05) is 0 Å². The van der Waals surface area contributed by atoms with E-state index < -0.39 is 6.04 Å². The number of hydrogen-bond donors (Lipinski definition) is 3. The van der Waals surface area contributed by atoms with Gasteiger partial charge in [-0.25, -0.2) is 0 Å². The number of hydrogen-bond acceptors (Lipinski definition) is 4. The van der Waals surface area contributed by atoms with Crippen molar-refractivity contribution in [1.82, 2.24) is 5.32 Å². The van der Waals surface area contributed by atoms with Gasteiger partial charge in [0.1, 0.15) is 6.04 Å². The number of thioether (sulfide) groups is 1. The largest absolute Gasteiger partial charge is 0.344 e. The quantitative estimate of drug-likeness (QED) is 0.570. The molecule has 0 saturated heterocycles. The Morgan fingerprint density at radius 1 is 1.33 bits per heavy atom. The molecule has 0 bridgehead atoms. The number of benzene rings is 1. The molecule has 0 aliphatic carbocycles. The monoisotopic (exact) mass is 284 g/mol. The molecule has 1 unspecified atom stereocenters. The number of anilines is 1. The smallest absolute Gasteiger partial charge is 0.247 e. The highest BCUT2D eigenvalue weighted by molar-refractivity contribution is 7.98. The zero-order valence-corrected chi connectivity index (χ0v) is 12.0. The van der Waals surface area contributed by atoms with Crippen LogP contribution in [0, 0.1) is 0 Å². The van der Waals surface area contributed by atoms with Crippen LogP contribution in [0.4, 0.5) is 5.69 Å². The summed E-state index contributed by atoms with van der Waals surface area (Å²) in [6, 6.07) is 6.88. The summed E-state index contributed by atoms with van der Waals surface area (Å²) in [5.41, 5.74) is 0.704. The first-order valence-electron chi connectivity index (χ1n) is 5.39. The van der Waals surface area contributed by atoms with Crippen molar-refractivity contribution in [3.8, 4) is 0 Å². The van der Waals surface area contributed by atoms with Crippen molar-refractivity contribution in [2.45, 2.75) is 17.9 Å². The Kier molecular flexibility index (Phi) is 6.07. The summed E-state index contributed by atoms with van der Waals surface area (Å²) in [5.74, 6) is -0.257. The number of thiol groups is 1. The van der Waals surface area contributed by atoms with E-state index in [1.54, 1.807) is 11.8 Å². The Labute approximate surface area is 116 Å². The van der Waals surface area contributed by atoms with Crippen LogP contribution in [-0.2, 0) is 9.59 Å². The topological polar surface area (TPSA) is 58.2 Å². The maximum atomic E-state index is 11.9. The molecule has 6 heteroatoms. The molecule has 18 heavy (non-hydrogen) atoms. The summed E-state index contributed by atoms with van der Waals surface area (Å²) in [6.07, 6.45) is 1.99. The summed E-state index contributed by atoms with van der Waals surface area (Å²) < 4.78 is 0. The molecule has 0 aromatic heterocycles. The van der Waals surface area contributed by atoms with Crippen LogP contribution >= 0.6 is 24.4 Å². The normalized spacial score (nSPS) is 11.7. The molecule has 2 N–H and O–H groups in total. The molecule has 4 nitrogen and oxygen atoms in total. The van der Waals surface area contributed by atoms with Crippen LogP contribution in [0.15, 0.2) is 29.2 Å². The molecule has 98 valence electrons. The van der Waals surface area contributed by atoms with Crippen molar-refractivity contribution in [3.05, 3.63) is 24.3 Å². The van der Waals surface area contributed by atoms with Gasteiger partial charge >= 0.3 is 0 Å². The summed E-state index contributed by atoms with van der Waals surface area (Å²) in [5, 5.41) is 5.28. The standard InChI is InChI=1S/C12H16N2O2S2/c1-8(15)13-11(7-17)12(16)14-9-3-5-10(18-2)6-4-9/h3-6,11,17H,7H2,1-2H3,(H,13,15)(H,14,16). The fourth-order valence-corrected chi connectivity index (χ4v) is 2.01. The molecule has 0 aliphatic rings. The molecule has 1 atom stereocenters. The summed E-state index contributed by atoms with van der Waals surface area (Å²) in [7, 11) is 0. The Hall–Kier alpha value is -1.14. The number of rotatable bonds is 5. The number of nitrogens with one attached hydrogen (secondary N) is 2. The van der Waals surface area contributed by atoms with Crippen LogP contribution in [0.1, 0.15) is 6.92 Å². The first-order chi connectivity index (χ1) is 8.56. The minimum absolute atomic E-state index is 0.248. The maximum absolute atomic E-state index is 11.9. The van der Waals surface area contributed by atoms with Gasteiger partial charge in [0.15, 0.2) is 0 Å². The summed E-state index contributed by atoms with van der Waals surface area (Å²) in [6.45, 7) is 1.37. The average molecular weight is 284 g/mol. The third kappa shape index (κ3) is 4.62. The predicted molar refractivity (Wildman–Crippen MR) is 78.3 cm³/mol. The average Bonchev–Trinajstić information content (AvgIpc) is 2.36. The molecule has 0 heterocycles. The lowest BCUT2D eigenvalue weighted by atomic mass is 10.2. The maximum Gasteiger partial charge on any atom is 0.247 e. The third-order valence-corrected chi connectivity index (χ3v) is 3.34. The molecule has 0 radical (unpaired) electrons. The van der Waals surface area contributed by atoms with Crippen LogP contribution in [0.3, 0.4) is 0 Å². The lowest BCUT2D eigenvalue weighted by molar-refractivity contribution is -0.124. The van der Waals surface area contributed by atoms with Crippen molar-refractivity contribution >= 4 is 41.9 Å². The molecule has 2 amide bonds. The zero-order chi connectivity index (χ0) is 13.5. The van der Waals surface area contributed by atoms with E-state index in [9.17, 15) is 9.59 Å². The highest BCUT2D eigenvalue weighted by Crippen LogP contribution is 2.17. The van der Waals surface area contributed by atoms with E-state index in [0.29, 0.717) is 5.69 Å². The van der Waals surface area contributed by atoms with Crippen molar-refractivity contribution in [2.24, 2.45) is 0 Å². The number of amides is 2. The molecule has 0 aliphatic heterocycles. The van der Waals surface area contributed by atoms with Crippen LogP contribution < -0.4 is 10.6 Å². The zero-order valence-electron chi connectivity index (χ0n) is 10.3. The Balaban J connectivity index is 2.64. The number of carbonyl (C=O) groups is 2. The Morgan fingerprint density at radius 2 is 1.94 bits per heavy atom. The van der Waals surface area contributed by atoms with Gasteiger partial charge in [0.05, 0.1) is 0 Å². The molecular formula is C12H16N2O2S2. The molecule has 0 spiro atoms. The second kappa shape index (κ2) is 7.33. The van der Waals surface area contributed by atoms with E-state index in [-0.39, 0.29) is 17.6 Å². The fraction of sp³-hybridized carbons (Fsp3) is 0.333. The van der Waals surface area contributed by atoms with E-state index in [1.807, 2.05) is 30.5 Å². The van der Waals surface area contributed by atoms with Crippen molar-refractivity contribution in [2.75, 3.05) is 17.3 Å². The number of carbonyl (C=O) groups excluding carboxylic acids is 2. The molecular weight excluding hydrogens is 268 g/mol. The minimum atomic E-state index is -0.619. The van der Waals surface area contributed by atoms with Crippen molar-refractivity contribution in [3.63, 3.8) is 0 Å². The van der Waals surface area contributed by atoms with Gasteiger partial charge in [0.2, 0.25) is 11.8 Å². The molecule has 1 aromatic carbocycles. The second-order valence-electron chi connectivity index (χ2n) is 3.65. The van der Waals surface area contributed by atoms with E-state index in [0.717, 1.165) is 4.90 Å². The summed E-state index contributed by atoms with van der Waals surface area (Å²) in [4.78, 5) is 23.9. The Bertz CT molecular complexity index is 421. The molecule has 0 fully saturated rings. The minimum Gasteiger partial charge on any atom is -0.344 e. The Morgan fingerprint density at radius 3 is 2.39 bits per heavy atom. The van der Waals surface area contributed by atoms with Crippen LogP contribution in [-0.4, -0.2) is 29.9 Å². The third-order valence-electron chi connectivity index (χ3n) is 2.23. The van der Waals surface area contributed by atoms with Gasteiger partial charge in [-0.15, -0.1) is 11.8 Å². The fourth-order valence-electron chi connectivity index (χ4n) is 1.34. The van der Waals surface area contributed by atoms with Crippen LogP contribution in [0.5, 0.6) is 0 Å². The lowest BCUT2D eigenvalue weighted by Gasteiger charge is -2.15. The van der Waals surface area contributed by atoms with Gasteiger partial charge in [0.25, 0.3) is 0 Å². The van der Waals surface area contributed by atoms with Gasteiger partial charge in [-0.3, -0.25) is 9.59 Å². The first-order valence-corrected chi connectivity index (χ1v) is 7.25. The highest BCUT2D eigenvalue weighted by atomic mass is 32.2. The van der Waals surface area contributed by atoms with Gasteiger partial charge < -0.3 is 10.6 Å². The van der Waals surface area contributed by atoms with Gasteiger partial charge in [-0.2, -0.15) is 12.6 Å². The predicted octanol–water partition coefficient (Wildman–Crippen LogP) is 1.78. The van der Waals surface area contributed by atoms with Crippen molar-refractivity contribution < 1.29 is 9.59 Å². The molecule has 1 rings (SSSR count). The van der Waals surface area contributed by atoms with Crippen LogP contribution in [0.2, 0.25) is 0 Å². The second-order valence-corrected chi connectivity index (χ2v) is 4.90. The SMILES string of the molecule is CSc1ccc(NC(=O)C(CS)NC(C)=O)cc1. The summed E-state index contributed by atoms with van der Waals surface area (Å²) >= 11 is 5.68. The van der Waals surface area contributed by atoms with E-state index in [1.165, 1.54) is 6.92 Å². The first kappa shape index (κ1) is 14.9. The van der Waals surface area contributed by atoms with E-state index >= 15 is 0 Å². The van der Waals surface area contributed by atoms with Crippen molar-refractivity contribution in [1.29, 1.82) is 0 Å². The highest BCUT2D eigenvalue weighted by Gasteiger charge is 2.17. The van der Waals surface area contributed by atoms with E-state index in [4.69, 9.17) is 0 Å². The van der Waals surface area contributed by atoms with E-state index in [2.05, 4.69) is 23.3 Å². The van der Waals surface area contributed by atoms with Gasteiger partial charge in [0, 0.05) is 23.3 Å². The van der Waals surface area contributed by atoms with Crippen LogP contribution in [0.25, 0.3) is 0 Å². The molecule has 1 aromatic rings. The molecule has 0 saturated carbocycles. The van der Waals surface area contributed by atoms with Gasteiger partial charge in [-0.05, 0) is 30.5 Å². The lowest BCUT2D eigenvalue weighted by Crippen LogP contribution is -2.44.